The first-order chi connectivity index (χ1) is 18.6. The zero-order valence-corrected chi connectivity index (χ0v) is 21.9. The van der Waals surface area contributed by atoms with Gasteiger partial charge in [0.25, 0.3) is 0 Å². The molecule has 3 aliphatic rings. The Kier molecular flexibility index (Phi) is 6.01. The lowest BCUT2D eigenvalue weighted by atomic mass is 9.89. The number of aromatic nitrogens is 4. The van der Waals surface area contributed by atoms with Crippen LogP contribution in [0.2, 0.25) is 0 Å². The van der Waals surface area contributed by atoms with Crippen LogP contribution in [0.4, 0.5) is 5.82 Å². The van der Waals surface area contributed by atoms with Crippen molar-refractivity contribution in [1.29, 1.82) is 0 Å². The Hall–Kier alpha value is -3.49. The monoisotopic (exact) mass is 509 g/mol. The SMILES string of the molecule is CN1[C@@H]2CC[C@@H]1CN(C1CCC(n3nc(-c4ccc(Oc5ccccc5)cc4)c4c(N)ncnc43)CC1)C2. The van der Waals surface area contributed by atoms with Crippen molar-refractivity contribution in [2.24, 2.45) is 0 Å². The second-order valence-corrected chi connectivity index (χ2v) is 11.2. The Morgan fingerprint density at radius 3 is 2.11 bits per heavy atom. The maximum atomic E-state index is 6.39. The third-order valence-electron chi connectivity index (χ3n) is 9.03. The molecule has 4 heterocycles. The van der Waals surface area contributed by atoms with Crippen molar-refractivity contribution < 1.29 is 4.74 Å². The first kappa shape index (κ1) is 23.6. The number of nitrogen functional groups attached to an aromatic ring is 1. The lowest BCUT2D eigenvalue weighted by Crippen LogP contribution is -2.55. The molecule has 2 saturated heterocycles. The van der Waals surface area contributed by atoms with Gasteiger partial charge in [-0.2, -0.15) is 5.10 Å². The molecular formula is C30H35N7O. The number of piperazine rings is 1. The van der Waals surface area contributed by atoms with Gasteiger partial charge < -0.3 is 10.5 Å². The molecule has 2 N–H and O–H groups in total. The lowest BCUT2D eigenvalue weighted by Gasteiger charge is -2.44. The van der Waals surface area contributed by atoms with Crippen LogP contribution in [0.1, 0.15) is 44.6 Å². The van der Waals surface area contributed by atoms with E-state index >= 15 is 0 Å². The summed E-state index contributed by atoms with van der Waals surface area (Å²) in [4.78, 5) is 14.4. The molecule has 3 fully saturated rings. The van der Waals surface area contributed by atoms with E-state index in [9.17, 15) is 0 Å². The summed E-state index contributed by atoms with van der Waals surface area (Å²) in [5, 5.41) is 5.95. The fourth-order valence-electron chi connectivity index (χ4n) is 6.87. The van der Waals surface area contributed by atoms with Gasteiger partial charge in [0.1, 0.15) is 29.3 Å². The summed E-state index contributed by atoms with van der Waals surface area (Å²) in [7, 11) is 2.31. The molecule has 1 saturated carbocycles. The van der Waals surface area contributed by atoms with Gasteiger partial charge in [-0.05, 0) is 82.0 Å². The second-order valence-electron chi connectivity index (χ2n) is 11.2. The molecule has 2 aromatic heterocycles. The highest BCUT2D eigenvalue weighted by Crippen LogP contribution is 2.39. The highest BCUT2D eigenvalue weighted by molar-refractivity contribution is 5.98. The Labute approximate surface area is 223 Å². The first-order valence-corrected chi connectivity index (χ1v) is 13.9. The van der Waals surface area contributed by atoms with Crippen molar-refractivity contribution in [2.45, 2.75) is 62.7 Å². The van der Waals surface area contributed by atoms with Crippen LogP contribution < -0.4 is 10.5 Å². The Morgan fingerprint density at radius 2 is 1.39 bits per heavy atom. The molecule has 38 heavy (non-hydrogen) atoms. The van der Waals surface area contributed by atoms with Gasteiger partial charge in [-0.3, -0.25) is 9.80 Å². The zero-order chi connectivity index (χ0) is 25.6. The van der Waals surface area contributed by atoms with E-state index in [-0.39, 0.29) is 0 Å². The molecule has 196 valence electrons. The van der Waals surface area contributed by atoms with Gasteiger partial charge in [0.05, 0.1) is 11.4 Å². The molecule has 2 atom stereocenters. The van der Waals surface area contributed by atoms with Gasteiger partial charge in [0.2, 0.25) is 0 Å². The van der Waals surface area contributed by atoms with Gasteiger partial charge in [0.15, 0.2) is 5.65 Å². The minimum atomic E-state index is 0.321. The third-order valence-corrected chi connectivity index (χ3v) is 9.03. The van der Waals surface area contributed by atoms with Crippen molar-refractivity contribution in [3.8, 4) is 22.8 Å². The number of nitrogens with two attached hydrogens (primary N) is 1. The number of ether oxygens (including phenoxy) is 1. The average molecular weight is 510 g/mol. The minimum absolute atomic E-state index is 0.321. The van der Waals surface area contributed by atoms with Crippen LogP contribution in [-0.2, 0) is 0 Å². The smallest absolute Gasteiger partial charge is 0.164 e. The van der Waals surface area contributed by atoms with Crippen molar-refractivity contribution in [3.05, 3.63) is 60.9 Å². The number of nitrogens with zero attached hydrogens (tertiary/aromatic N) is 6. The molecule has 0 radical (unpaired) electrons. The molecule has 0 unspecified atom stereocenters. The quantitative estimate of drug-likeness (QED) is 0.399. The Bertz CT molecular complexity index is 1400. The first-order valence-electron chi connectivity index (χ1n) is 13.9. The molecule has 2 aliphatic heterocycles. The average Bonchev–Trinajstić information content (AvgIpc) is 3.42. The fourth-order valence-corrected chi connectivity index (χ4v) is 6.87. The maximum Gasteiger partial charge on any atom is 0.164 e. The number of hydrogen-bond donors (Lipinski definition) is 1. The van der Waals surface area contributed by atoms with Gasteiger partial charge in [-0.1, -0.05) is 18.2 Å². The molecule has 1 aliphatic carbocycles. The van der Waals surface area contributed by atoms with Crippen LogP contribution in [0.15, 0.2) is 60.9 Å². The van der Waals surface area contributed by atoms with Gasteiger partial charge in [0, 0.05) is 36.8 Å². The number of benzene rings is 2. The number of fused-ring (bicyclic) bond motifs is 3. The van der Waals surface area contributed by atoms with Crippen LogP contribution in [0.3, 0.4) is 0 Å². The van der Waals surface area contributed by atoms with Gasteiger partial charge in [-0.25, -0.2) is 14.6 Å². The van der Waals surface area contributed by atoms with E-state index in [1.54, 1.807) is 6.33 Å². The molecule has 0 amide bonds. The number of likely N-dealkylation sites (N-methyl/N-ethyl adjacent to an activating group) is 1. The van der Waals surface area contributed by atoms with E-state index in [0.29, 0.717) is 17.9 Å². The molecular weight excluding hydrogens is 474 g/mol. The molecule has 2 aromatic carbocycles. The largest absolute Gasteiger partial charge is 0.457 e. The van der Waals surface area contributed by atoms with E-state index in [2.05, 4.69) is 31.5 Å². The predicted molar refractivity (Wildman–Crippen MR) is 149 cm³/mol. The summed E-state index contributed by atoms with van der Waals surface area (Å²) < 4.78 is 8.11. The Balaban J connectivity index is 1.11. The fraction of sp³-hybridized carbons (Fsp3) is 0.433. The van der Waals surface area contributed by atoms with Crippen LogP contribution in [0.25, 0.3) is 22.3 Å². The third kappa shape index (κ3) is 4.22. The highest BCUT2D eigenvalue weighted by Gasteiger charge is 2.40. The topological polar surface area (TPSA) is 85.3 Å². The Morgan fingerprint density at radius 1 is 0.763 bits per heavy atom. The van der Waals surface area contributed by atoms with Crippen molar-refractivity contribution in [1.82, 2.24) is 29.5 Å². The lowest BCUT2D eigenvalue weighted by molar-refractivity contribution is 0.0393. The molecule has 2 bridgehead atoms. The highest BCUT2D eigenvalue weighted by atomic mass is 16.5. The number of para-hydroxylation sites is 1. The molecule has 8 heteroatoms. The summed E-state index contributed by atoms with van der Waals surface area (Å²) in [6.45, 7) is 2.45. The summed E-state index contributed by atoms with van der Waals surface area (Å²) in [6, 6.07) is 20.3. The number of likely N-dealkylation sites (tertiary alicyclic amines) is 1. The second kappa shape index (κ2) is 9.67. The standard InChI is InChI=1S/C30H35N7O/c1-35-23-13-14-24(35)18-36(17-23)21-9-11-22(12-10-21)37-30-27(29(31)32-19-33-30)28(34-37)20-7-15-26(16-8-20)38-25-5-3-2-4-6-25/h2-8,15-16,19,21-24H,9-14,17-18H2,1H3,(H2,31,32,33)/t21?,22?,23-,24-/m1/s1. The van der Waals surface area contributed by atoms with Crippen LogP contribution >= 0.6 is 0 Å². The molecule has 7 rings (SSSR count). The molecule has 8 nitrogen and oxygen atoms in total. The van der Waals surface area contributed by atoms with Crippen LogP contribution in [0, 0.1) is 0 Å². The van der Waals surface area contributed by atoms with E-state index in [4.69, 9.17) is 15.6 Å². The molecule has 0 spiro atoms. The summed E-state index contributed by atoms with van der Waals surface area (Å²) in [5.41, 5.74) is 9.04. The molecule has 4 aromatic rings. The van der Waals surface area contributed by atoms with Crippen molar-refractivity contribution in [3.63, 3.8) is 0 Å². The maximum absolute atomic E-state index is 6.39. The minimum Gasteiger partial charge on any atom is -0.457 e. The normalized spacial score (nSPS) is 26.1. The number of anilines is 1. The van der Waals surface area contributed by atoms with E-state index < -0.39 is 0 Å². The summed E-state index contributed by atoms with van der Waals surface area (Å²) in [6.07, 6.45) is 8.90. The van der Waals surface area contributed by atoms with E-state index in [1.165, 1.54) is 38.8 Å². The zero-order valence-electron chi connectivity index (χ0n) is 21.9. The van der Waals surface area contributed by atoms with Crippen LogP contribution in [-0.4, -0.2) is 67.8 Å². The van der Waals surface area contributed by atoms with E-state index in [0.717, 1.165) is 58.7 Å². The van der Waals surface area contributed by atoms with E-state index in [1.807, 2.05) is 54.6 Å². The van der Waals surface area contributed by atoms with Gasteiger partial charge >= 0.3 is 0 Å². The van der Waals surface area contributed by atoms with Crippen LogP contribution in [0.5, 0.6) is 11.5 Å². The van der Waals surface area contributed by atoms with Crippen molar-refractivity contribution >= 4 is 16.9 Å². The summed E-state index contributed by atoms with van der Waals surface area (Å²) in [5.74, 6) is 2.07. The van der Waals surface area contributed by atoms with Gasteiger partial charge in [-0.15, -0.1) is 0 Å². The number of rotatable bonds is 5. The number of hydrogen-bond acceptors (Lipinski definition) is 7. The van der Waals surface area contributed by atoms with Crippen molar-refractivity contribution in [2.75, 3.05) is 25.9 Å². The summed E-state index contributed by atoms with van der Waals surface area (Å²) >= 11 is 0. The predicted octanol–water partition coefficient (Wildman–Crippen LogP) is 5.13.